The van der Waals surface area contributed by atoms with Gasteiger partial charge >= 0.3 is 0 Å². The molecule has 0 bridgehead atoms. The van der Waals surface area contributed by atoms with Gasteiger partial charge in [0.25, 0.3) is 0 Å². The average molecular weight is 272 g/mol. The lowest BCUT2D eigenvalue weighted by atomic mass is 10.4. The molecule has 0 amide bonds. The van der Waals surface area contributed by atoms with Crippen LogP contribution in [0.15, 0.2) is 17.0 Å². The number of rotatable bonds is 2. The van der Waals surface area contributed by atoms with Gasteiger partial charge in [-0.1, -0.05) is 0 Å². The van der Waals surface area contributed by atoms with Gasteiger partial charge in [0.2, 0.25) is 0 Å². The van der Waals surface area contributed by atoms with Crippen LogP contribution < -0.4 is 5.43 Å². The van der Waals surface area contributed by atoms with Crippen LogP contribution in [0.5, 0.6) is 0 Å². The fraction of sp³-hybridized carbons (Fsp3) is 0.556. The molecule has 2 heterocycles. The van der Waals surface area contributed by atoms with Gasteiger partial charge in [-0.15, -0.1) is 0 Å². The van der Waals surface area contributed by atoms with Crippen molar-refractivity contribution in [1.82, 2.24) is 19.9 Å². The van der Waals surface area contributed by atoms with Crippen LogP contribution in [0.3, 0.4) is 0 Å². The summed E-state index contributed by atoms with van der Waals surface area (Å²) in [5.74, 6) is 0.828. The Hall–Kier alpha value is -0.720. The fourth-order valence-electron chi connectivity index (χ4n) is 1.46. The number of likely N-dealkylation sites (N-methyl/N-ethyl adjacent to an activating group) is 1. The lowest BCUT2D eigenvalue weighted by Gasteiger charge is -2.32. The van der Waals surface area contributed by atoms with E-state index in [4.69, 9.17) is 0 Å². The number of aromatic nitrogens is 2. The highest BCUT2D eigenvalue weighted by Gasteiger charge is 2.14. The summed E-state index contributed by atoms with van der Waals surface area (Å²) < 4.78 is 0.893. The van der Waals surface area contributed by atoms with E-state index in [0.717, 1.165) is 36.5 Å². The van der Waals surface area contributed by atoms with Crippen molar-refractivity contribution in [2.24, 2.45) is 0 Å². The molecule has 0 atom stereocenters. The van der Waals surface area contributed by atoms with Crippen molar-refractivity contribution in [2.45, 2.75) is 0 Å². The summed E-state index contributed by atoms with van der Waals surface area (Å²) in [7, 11) is 2.14. The van der Waals surface area contributed by atoms with Gasteiger partial charge in [-0.25, -0.2) is 15.0 Å². The zero-order valence-corrected chi connectivity index (χ0v) is 10.2. The van der Waals surface area contributed by atoms with Crippen molar-refractivity contribution >= 4 is 21.7 Å². The zero-order valence-electron chi connectivity index (χ0n) is 8.65. The average Bonchev–Trinajstić information content (AvgIpc) is 2.25. The first-order chi connectivity index (χ1) is 7.25. The quantitative estimate of drug-likeness (QED) is 0.863. The maximum atomic E-state index is 4.17. The summed E-state index contributed by atoms with van der Waals surface area (Å²) in [6, 6.07) is 0. The highest BCUT2D eigenvalue weighted by atomic mass is 79.9. The summed E-state index contributed by atoms with van der Waals surface area (Å²) in [6.45, 7) is 4.17. The van der Waals surface area contributed by atoms with E-state index in [0.29, 0.717) is 0 Å². The van der Waals surface area contributed by atoms with Gasteiger partial charge < -0.3 is 10.3 Å². The molecule has 1 N–H and O–H groups in total. The normalized spacial score (nSPS) is 19.1. The highest BCUT2D eigenvalue weighted by Crippen LogP contribution is 2.17. The zero-order chi connectivity index (χ0) is 10.7. The SMILES string of the molecule is CN1CCN(Nc2ncncc2Br)CC1. The Bertz CT molecular complexity index is 324. The number of hydrogen-bond acceptors (Lipinski definition) is 5. The van der Waals surface area contributed by atoms with E-state index in [1.165, 1.54) is 0 Å². The first kappa shape index (κ1) is 10.8. The van der Waals surface area contributed by atoms with Crippen molar-refractivity contribution in [3.63, 3.8) is 0 Å². The van der Waals surface area contributed by atoms with E-state index < -0.39 is 0 Å². The van der Waals surface area contributed by atoms with Crippen LogP contribution in [0.25, 0.3) is 0 Å². The second-order valence-electron chi connectivity index (χ2n) is 3.62. The molecule has 1 aliphatic heterocycles. The van der Waals surface area contributed by atoms with Crippen LogP contribution in [-0.2, 0) is 0 Å². The van der Waals surface area contributed by atoms with Gasteiger partial charge in [-0.05, 0) is 23.0 Å². The highest BCUT2D eigenvalue weighted by molar-refractivity contribution is 9.10. The van der Waals surface area contributed by atoms with Crippen molar-refractivity contribution in [1.29, 1.82) is 0 Å². The summed E-state index contributed by atoms with van der Waals surface area (Å²) in [5, 5.41) is 2.17. The predicted molar refractivity (Wildman–Crippen MR) is 62.4 cm³/mol. The molecular formula is C9H14BrN5. The van der Waals surface area contributed by atoms with Gasteiger partial charge in [-0.2, -0.15) is 0 Å². The van der Waals surface area contributed by atoms with E-state index in [1.807, 2.05) is 0 Å². The molecule has 1 aromatic heterocycles. The molecule has 5 nitrogen and oxygen atoms in total. The largest absolute Gasteiger partial charge is 0.304 e. The smallest absolute Gasteiger partial charge is 0.158 e. The maximum Gasteiger partial charge on any atom is 0.158 e. The molecule has 82 valence electrons. The number of nitrogens with one attached hydrogen (secondary N) is 1. The standard InChI is InChI=1S/C9H14BrN5/c1-14-2-4-15(5-3-14)13-9-8(10)6-11-7-12-9/h6-7H,2-5H2,1H3,(H,11,12,13). The van der Waals surface area contributed by atoms with Crippen molar-refractivity contribution in [3.05, 3.63) is 17.0 Å². The van der Waals surface area contributed by atoms with Gasteiger partial charge in [0.1, 0.15) is 6.33 Å². The predicted octanol–water partition coefficient (Wildman–Crippen LogP) is 0.813. The van der Waals surface area contributed by atoms with Crippen LogP contribution in [0, 0.1) is 0 Å². The minimum absolute atomic E-state index is 0.828. The third-order valence-corrected chi connectivity index (χ3v) is 3.02. The summed E-state index contributed by atoms with van der Waals surface area (Å²) in [4.78, 5) is 10.4. The number of hydrogen-bond donors (Lipinski definition) is 1. The third kappa shape index (κ3) is 2.87. The molecule has 0 aromatic carbocycles. The lowest BCUT2D eigenvalue weighted by Crippen LogP contribution is -2.47. The van der Waals surface area contributed by atoms with E-state index in [1.54, 1.807) is 12.5 Å². The van der Waals surface area contributed by atoms with Crippen molar-refractivity contribution in [3.8, 4) is 0 Å². The number of nitrogens with zero attached hydrogens (tertiary/aromatic N) is 4. The number of halogens is 1. The van der Waals surface area contributed by atoms with Gasteiger partial charge in [0.15, 0.2) is 5.82 Å². The monoisotopic (exact) mass is 271 g/mol. The molecular weight excluding hydrogens is 258 g/mol. The first-order valence-corrected chi connectivity index (χ1v) is 5.70. The van der Waals surface area contributed by atoms with Gasteiger partial charge in [-0.3, -0.25) is 0 Å². The summed E-state index contributed by atoms with van der Waals surface area (Å²) >= 11 is 3.41. The molecule has 0 aliphatic carbocycles. The number of hydrazine groups is 1. The Kier molecular flexibility index (Phi) is 3.50. The molecule has 0 spiro atoms. The molecule has 0 unspecified atom stereocenters. The molecule has 1 saturated heterocycles. The molecule has 1 aliphatic rings. The maximum absolute atomic E-state index is 4.17. The molecule has 15 heavy (non-hydrogen) atoms. The Labute approximate surface area is 97.6 Å². The van der Waals surface area contributed by atoms with E-state index in [2.05, 4.69) is 48.3 Å². The molecule has 0 saturated carbocycles. The molecule has 1 fully saturated rings. The van der Waals surface area contributed by atoms with Crippen LogP contribution in [0.2, 0.25) is 0 Å². The Morgan fingerprint density at radius 1 is 1.33 bits per heavy atom. The molecule has 0 radical (unpaired) electrons. The Morgan fingerprint density at radius 3 is 2.73 bits per heavy atom. The van der Waals surface area contributed by atoms with Crippen LogP contribution >= 0.6 is 15.9 Å². The van der Waals surface area contributed by atoms with E-state index in [-0.39, 0.29) is 0 Å². The molecule has 2 rings (SSSR count). The number of piperazine rings is 1. The van der Waals surface area contributed by atoms with Crippen LogP contribution in [-0.4, -0.2) is 53.1 Å². The van der Waals surface area contributed by atoms with E-state index >= 15 is 0 Å². The summed E-state index contributed by atoms with van der Waals surface area (Å²) in [6.07, 6.45) is 3.29. The Morgan fingerprint density at radius 2 is 2.07 bits per heavy atom. The van der Waals surface area contributed by atoms with Crippen molar-refractivity contribution in [2.75, 3.05) is 38.7 Å². The molecule has 1 aromatic rings. The van der Waals surface area contributed by atoms with Crippen LogP contribution in [0.1, 0.15) is 0 Å². The first-order valence-electron chi connectivity index (χ1n) is 4.91. The minimum atomic E-state index is 0.828. The second kappa shape index (κ2) is 4.87. The lowest BCUT2D eigenvalue weighted by molar-refractivity contribution is 0.178. The van der Waals surface area contributed by atoms with Crippen molar-refractivity contribution < 1.29 is 0 Å². The topological polar surface area (TPSA) is 44.3 Å². The summed E-state index contributed by atoms with van der Waals surface area (Å²) in [5.41, 5.74) is 3.28. The third-order valence-electron chi connectivity index (χ3n) is 2.43. The fourth-order valence-corrected chi connectivity index (χ4v) is 1.77. The Balaban J connectivity index is 1.95. The van der Waals surface area contributed by atoms with Crippen LogP contribution in [0.4, 0.5) is 5.82 Å². The van der Waals surface area contributed by atoms with Gasteiger partial charge in [0.05, 0.1) is 4.47 Å². The van der Waals surface area contributed by atoms with E-state index in [9.17, 15) is 0 Å². The molecule has 6 heteroatoms. The second-order valence-corrected chi connectivity index (χ2v) is 4.48. The van der Waals surface area contributed by atoms with Gasteiger partial charge in [0, 0.05) is 32.4 Å². The minimum Gasteiger partial charge on any atom is -0.304 e. The number of anilines is 1.